The minimum absolute atomic E-state index is 0.779. The van der Waals surface area contributed by atoms with E-state index in [1.165, 1.54) is 5.57 Å². The molecule has 1 heterocycles. The number of carboxylic acids is 1. The number of benzene rings is 4. The fraction of sp³-hybridized carbons (Fsp3) is 0.0909. The molecule has 5 rings (SSSR count). The Balaban J connectivity index is 1.67. The molecule has 38 heavy (non-hydrogen) atoms. The summed E-state index contributed by atoms with van der Waals surface area (Å²) in [7, 11) is 0. The molecule has 1 aromatic heterocycles. The number of carbonyl (C=O) groups is 1. The van der Waals surface area contributed by atoms with Gasteiger partial charge in [-0.3, -0.25) is 5.10 Å². The van der Waals surface area contributed by atoms with Gasteiger partial charge in [0, 0.05) is 11.5 Å². The first-order valence-corrected chi connectivity index (χ1v) is 12.5. The number of hydrogen-bond donors (Lipinski definition) is 2. The highest BCUT2D eigenvalue weighted by molar-refractivity contribution is 6.01. The second-order valence-corrected chi connectivity index (χ2v) is 9.06. The van der Waals surface area contributed by atoms with Crippen LogP contribution >= 0.6 is 0 Å². The topological polar surface area (TPSA) is 75.2 Å². The number of para-hydroxylation sites is 1. The molecule has 2 N–H and O–H groups in total. The Bertz CT molecular complexity index is 1650. The summed E-state index contributed by atoms with van der Waals surface area (Å²) in [6.07, 6.45) is 5.39. The maximum Gasteiger partial charge on any atom is 0.328 e. The first-order valence-electron chi connectivity index (χ1n) is 12.5. The number of aliphatic carboxylic acids is 1. The highest BCUT2D eigenvalue weighted by atomic mass is 16.5. The number of nitrogens with one attached hydrogen (secondary N) is 1. The van der Waals surface area contributed by atoms with Crippen LogP contribution in [0.25, 0.3) is 28.1 Å². The van der Waals surface area contributed by atoms with Gasteiger partial charge < -0.3 is 9.84 Å². The van der Waals surface area contributed by atoms with Crippen molar-refractivity contribution in [2.75, 3.05) is 0 Å². The molecule has 0 atom stereocenters. The van der Waals surface area contributed by atoms with Crippen LogP contribution < -0.4 is 4.74 Å². The summed E-state index contributed by atoms with van der Waals surface area (Å²) in [6, 6.07) is 30.3. The second-order valence-electron chi connectivity index (χ2n) is 9.06. The Labute approximate surface area is 221 Å². The third-order valence-corrected chi connectivity index (χ3v) is 6.51. The Morgan fingerprint density at radius 1 is 0.921 bits per heavy atom. The summed E-state index contributed by atoms with van der Waals surface area (Å²) in [5.41, 5.74) is 8.53. The van der Waals surface area contributed by atoms with Gasteiger partial charge in [0.2, 0.25) is 0 Å². The summed E-state index contributed by atoms with van der Waals surface area (Å²) in [5, 5.41) is 17.3. The minimum atomic E-state index is -0.968. The van der Waals surface area contributed by atoms with E-state index in [-0.39, 0.29) is 0 Å². The summed E-state index contributed by atoms with van der Waals surface area (Å²) in [6.45, 7) is 4.29. The van der Waals surface area contributed by atoms with E-state index in [9.17, 15) is 4.79 Å². The summed E-state index contributed by atoms with van der Waals surface area (Å²) in [4.78, 5) is 11.0. The normalized spacial score (nSPS) is 12.1. The lowest BCUT2D eigenvalue weighted by Crippen LogP contribution is -1.98. The third kappa shape index (κ3) is 5.42. The Kier molecular flexibility index (Phi) is 7.18. The molecule has 5 nitrogen and oxygen atoms in total. The molecule has 0 aliphatic carbocycles. The van der Waals surface area contributed by atoms with Crippen LogP contribution in [-0.2, 0) is 4.79 Å². The van der Waals surface area contributed by atoms with Gasteiger partial charge in [0.25, 0.3) is 0 Å². The Morgan fingerprint density at radius 2 is 1.68 bits per heavy atom. The summed E-state index contributed by atoms with van der Waals surface area (Å²) in [5.74, 6) is 0.603. The predicted molar refractivity (Wildman–Crippen MR) is 153 cm³/mol. The van der Waals surface area contributed by atoms with Crippen molar-refractivity contribution in [1.82, 2.24) is 10.2 Å². The van der Waals surface area contributed by atoms with Gasteiger partial charge in [-0.05, 0) is 94.8 Å². The Morgan fingerprint density at radius 3 is 2.42 bits per heavy atom. The number of hydrogen-bond acceptors (Lipinski definition) is 3. The number of aromatic amines is 1. The smallest absolute Gasteiger partial charge is 0.328 e. The minimum Gasteiger partial charge on any atom is -0.478 e. The van der Waals surface area contributed by atoms with E-state index in [4.69, 9.17) is 9.84 Å². The third-order valence-electron chi connectivity index (χ3n) is 6.51. The largest absolute Gasteiger partial charge is 0.478 e. The molecule has 5 heteroatoms. The summed E-state index contributed by atoms with van der Waals surface area (Å²) < 4.78 is 6.18. The molecule has 0 bridgehead atoms. The van der Waals surface area contributed by atoms with Gasteiger partial charge in [0.15, 0.2) is 0 Å². The van der Waals surface area contributed by atoms with E-state index in [0.717, 1.165) is 68.3 Å². The van der Waals surface area contributed by atoms with Crippen molar-refractivity contribution in [3.8, 4) is 11.5 Å². The van der Waals surface area contributed by atoms with Crippen molar-refractivity contribution in [2.45, 2.75) is 20.3 Å². The maximum absolute atomic E-state index is 11.0. The van der Waals surface area contributed by atoms with Crippen molar-refractivity contribution in [1.29, 1.82) is 0 Å². The molecule has 0 amide bonds. The second kappa shape index (κ2) is 11.0. The van der Waals surface area contributed by atoms with Crippen LogP contribution in [0, 0.1) is 6.92 Å². The van der Waals surface area contributed by atoms with Crippen LogP contribution in [0.1, 0.15) is 41.2 Å². The highest BCUT2D eigenvalue weighted by Gasteiger charge is 2.16. The molecule has 0 aliphatic heterocycles. The zero-order chi connectivity index (χ0) is 26.5. The zero-order valence-electron chi connectivity index (χ0n) is 21.3. The molecule has 4 aromatic carbocycles. The summed E-state index contributed by atoms with van der Waals surface area (Å²) >= 11 is 0. The SMILES string of the molecule is CC/C(=C(/c1ccc(/C=C/C(=O)O)cc1)c1ccc2[nH]ncc2c1)c1cc(Oc2ccccc2)ccc1C. The van der Waals surface area contributed by atoms with Crippen molar-refractivity contribution in [3.05, 3.63) is 131 Å². The van der Waals surface area contributed by atoms with E-state index in [0.29, 0.717) is 0 Å². The van der Waals surface area contributed by atoms with E-state index in [1.54, 1.807) is 6.08 Å². The van der Waals surface area contributed by atoms with Crippen molar-refractivity contribution in [2.24, 2.45) is 0 Å². The molecule has 0 aliphatic rings. The number of rotatable bonds is 8. The molecule has 0 saturated carbocycles. The number of ether oxygens (including phenoxy) is 1. The number of fused-ring (bicyclic) bond motifs is 1. The van der Waals surface area contributed by atoms with Crippen LogP contribution in [0.15, 0.2) is 103 Å². The van der Waals surface area contributed by atoms with Gasteiger partial charge in [0.05, 0.1) is 11.7 Å². The lowest BCUT2D eigenvalue weighted by Gasteiger charge is -2.19. The van der Waals surface area contributed by atoms with Crippen LogP contribution in [0.4, 0.5) is 0 Å². The van der Waals surface area contributed by atoms with Gasteiger partial charge in [-0.25, -0.2) is 4.79 Å². The van der Waals surface area contributed by atoms with E-state index < -0.39 is 5.97 Å². The average molecular weight is 501 g/mol. The monoisotopic (exact) mass is 500 g/mol. The van der Waals surface area contributed by atoms with Gasteiger partial charge in [-0.15, -0.1) is 0 Å². The van der Waals surface area contributed by atoms with Gasteiger partial charge >= 0.3 is 5.97 Å². The van der Waals surface area contributed by atoms with Crippen molar-refractivity contribution >= 4 is 34.1 Å². The molecule has 0 unspecified atom stereocenters. The number of aromatic nitrogens is 2. The van der Waals surface area contributed by atoms with Crippen LogP contribution in [0.2, 0.25) is 0 Å². The van der Waals surface area contributed by atoms with E-state index in [2.05, 4.69) is 54.4 Å². The van der Waals surface area contributed by atoms with Crippen LogP contribution in [-0.4, -0.2) is 21.3 Å². The van der Waals surface area contributed by atoms with Gasteiger partial charge in [-0.2, -0.15) is 5.10 Å². The first-order chi connectivity index (χ1) is 18.5. The van der Waals surface area contributed by atoms with Gasteiger partial charge in [0.1, 0.15) is 11.5 Å². The average Bonchev–Trinajstić information content (AvgIpc) is 3.41. The fourth-order valence-corrected chi connectivity index (χ4v) is 4.66. The fourth-order valence-electron chi connectivity index (χ4n) is 4.66. The number of aryl methyl sites for hydroxylation is 1. The molecule has 0 fully saturated rings. The molecule has 0 spiro atoms. The number of H-pyrrole nitrogens is 1. The first kappa shape index (κ1) is 24.8. The van der Waals surface area contributed by atoms with Crippen molar-refractivity contribution < 1.29 is 14.6 Å². The highest BCUT2D eigenvalue weighted by Crippen LogP contribution is 2.38. The van der Waals surface area contributed by atoms with Gasteiger partial charge in [-0.1, -0.05) is 61.5 Å². The number of carboxylic acid groups (broad SMARTS) is 1. The van der Waals surface area contributed by atoms with Crippen molar-refractivity contribution in [3.63, 3.8) is 0 Å². The van der Waals surface area contributed by atoms with Crippen LogP contribution in [0.3, 0.4) is 0 Å². The number of allylic oxidation sites excluding steroid dienone is 1. The molecule has 188 valence electrons. The Hall–Kier alpha value is -4.90. The standard InChI is InChI=1S/C33H28N2O3/c1-3-29(30-20-28(16-9-22(30)2)38-27-7-5-4-6-8-27)33(25-15-17-31-26(19-25)21-34-35-31)24-13-10-23(11-14-24)12-18-32(36)37/h4-21H,3H2,1-2H3,(H,34,35)(H,36,37)/b18-12+,33-29+. The van der Waals surface area contributed by atoms with E-state index >= 15 is 0 Å². The molecular weight excluding hydrogens is 472 g/mol. The van der Waals surface area contributed by atoms with Crippen LogP contribution in [0.5, 0.6) is 11.5 Å². The predicted octanol–water partition coefficient (Wildman–Crippen LogP) is 8.13. The maximum atomic E-state index is 11.0. The molecule has 5 aromatic rings. The lowest BCUT2D eigenvalue weighted by atomic mass is 9.86. The lowest BCUT2D eigenvalue weighted by molar-refractivity contribution is -0.131. The number of nitrogens with zero attached hydrogens (tertiary/aromatic N) is 1. The van der Waals surface area contributed by atoms with E-state index in [1.807, 2.05) is 66.9 Å². The molecule has 0 radical (unpaired) electrons. The molecule has 0 saturated heterocycles. The zero-order valence-corrected chi connectivity index (χ0v) is 21.3. The quantitative estimate of drug-likeness (QED) is 0.167. The molecular formula is C33H28N2O3.